The summed E-state index contributed by atoms with van der Waals surface area (Å²) in [6.07, 6.45) is 2.23. The highest BCUT2D eigenvalue weighted by Gasteiger charge is 2.19. The van der Waals surface area contributed by atoms with E-state index >= 15 is 0 Å². The van der Waals surface area contributed by atoms with Crippen LogP contribution in [0.4, 0.5) is 0 Å². The second kappa shape index (κ2) is 7.64. The molecule has 1 nitrogen and oxygen atoms in total. The molecule has 0 amide bonds. The summed E-state index contributed by atoms with van der Waals surface area (Å²) in [5.41, 5.74) is 9.61. The van der Waals surface area contributed by atoms with Gasteiger partial charge in [-0.3, -0.25) is 0 Å². The van der Waals surface area contributed by atoms with Crippen molar-refractivity contribution in [2.24, 2.45) is 0 Å². The van der Waals surface area contributed by atoms with Crippen molar-refractivity contribution in [1.29, 1.82) is 0 Å². The summed E-state index contributed by atoms with van der Waals surface area (Å²) in [7, 11) is 0. The fraction of sp³-hybridized carbons (Fsp3) is 0.500. The number of aryl methyl sites for hydroxylation is 3. The third kappa shape index (κ3) is 3.61. The Kier molecular flexibility index (Phi) is 5.98. The lowest BCUT2D eigenvalue weighted by molar-refractivity contribution is 0.470. The minimum atomic E-state index is 0.453. The van der Waals surface area contributed by atoms with Crippen molar-refractivity contribution in [3.63, 3.8) is 0 Å². The van der Waals surface area contributed by atoms with Gasteiger partial charge in [-0.25, -0.2) is 0 Å². The molecule has 0 heterocycles. The van der Waals surface area contributed by atoms with Crippen LogP contribution in [0.25, 0.3) is 11.1 Å². The highest BCUT2D eigenvalue weighted by atomic mass is 16.3. The van der Waals surface area contributed by atoms with Crippen molar-refractivity contribution < 1.29 is 5.11 Å². The van der Waals surface area contributed by atoms with E-state index in [4.69, 9.17) is 0 Å². The molecule has 2 unspecified atom stereocenters. The van der Waals surface area contributed by atoms with Crippen LogP contribution in [0.1, 0.15) is 85.8 Å². The molecule has 0 spiro atoms. The molecule has 1 heteroatoms. The van der Waals surface area contributed by atoms with Gasteiger partial charge >= 0.3 is 0 Å². The molecule has 0 saturated carbocycles. The van der Waals surface area contributed by atoms with Crippen LogP contribution in [0.3, 0.4) is 0 Å². The summed E-state index contributed by atoms with van der Waals surface area (Å²) in [5.74, 6) is 1.49. The normalized spacial score (nSPS) is 13.8. The highest BCUT2D eigenvalue weighted by Crippen LogP contribution is 2.42. The standard InChI is InChI=1S/C24H34O/c1-9-14(3)20-11-17(6)22(12-16(20)5)23-18(7)13-21(15(4)10-2)19(8)24(23)25/h11-15,25H,9-10H2,1-8H3. The maximum Gasteiger partial charge on any atom is 0.126 e. The summed E-state index contributed by atoms with van der Waals surface area (Å²) >= 11 is 0. The minimum Gasteiger partial charge on any atom is -0.507 e. The number of aromatic hydroxyl groups is 1. The zero-order valence-electron chi connectivity index (χ0n) is 17.2. The van der Waals surface area contributed by atoms with Crippen LogP contribution in [-0.2, 0) is 0 Å². The zero-order chi connectivity index (χ0) is 18.9. The Balaban J connectivity index is 2.67. The third-order valence-corrected chi connectivity index (χ3v) is 5.96. The first-order valence-corrected chi connectivity index (χ1v) is 9.67. The smallest absolute Gasteiger partial charge is 0.126 e. The quantitative estimate of drug-likeness (QED) is 0.605. The molecule has 0 bridgehead atoms. The lowest BCUT2D eigenvalue weighted by Gasteiger charge is -2.22. The molecule has 0 radical (unpaired) electrons. The van der Waals surface area contributed by atoms with Crippen molar-refractivity contribution in [2.45, 2.75) is 80.1 Å². The highest BCUT2D eigenvalue weighted by molar-refractivity contribution is 5.79. The van der Waals surface area contributed by atoms with Gasteiger partial charge in [-0.1, -0.05) is 45.9 Å². The van der Waals surface area contributed by atoms with Gasteiger partial charge in [-0.2, -0.15) is 0 Å². The number of phenolic OH excluding ortho intramolecular Hbond substituents is 1. The van der Waals surface area contributed by atoms with Crippen molar-refractivity contribution in [2.75, 3.05) is 0 Å². The molecule has 0 fully saturated rings. The van der Waals surface area contributed by atoms with Gasteiger partial charge in [0.2, 0.25) is 0 Å². The van der Waals surface area contributed by atoms with E-state index in [1.807, 2.05) is 0 Å². The maximum atomic E-state index is 11.0. The van der Waals surface area contributed by atoms with Gasteiger partial charge in [0.05, 0.1) is 0 Å². The first kappa shape index (κ1) is 19.6. The average molecular weight is 339 g/mol. The van der Waals surface area contributed by atoms with Crippen LogP contribution >= 0.6 is 0 Å². The molecule has 0 aliphatic rings. The summed E-state index contributed by atoms with van der Waals surface area (Å²) in [5, 5.41) is 11.0. The molecule has 2 aromatic rings. The number of benzene rings is 2. The second-order valence-electron chi connectivity index (χ2n) is 7.77. The predicted molar refractivity (Wildman–Crippen MR) is 110 cm³/mol. The Morgan fingerprint density at radius 3 is 1.84 bits per heavy atom. The average Bonchev–Trinajstić information content (AvgIpc) is 2.59. The van der Waals surface area contributed by atoms with E-state index in [1.54, 1.807) is 0 Å². The fourth-order valence-electron chi connectivity index (χ4n) is 3.86. The van der Waals surface area contributed by atoms with Gasteiger partial charge in [0.15, 0.2) is 0 Å². The number of rotatable bonds is 5. The van der Waals surface area contributed by atoms with E-state index in [2.05, 4.69) is 73.6 Å². The summed E-state index contributed by atoms with van der Waals surface area (Å²) in [6, 6.07) is 6.85. The maximum absolute atomic E-state index is 11.0. The van der Waals surface area contributed by atoms with E-state index in [0.717, 1.165) is 29.5 Å². The summed E-state index contributed by atoms with van der Waals surface area (Å²) in [4.78, 5) is 0. The fourth-order valence-corrected chi connectivity index (χ4v) is 3.86. The first-order valence-electron chi connectivity index (χ1n) is 9.67. The number of phenols is 1. The Bertz CT molecular complexity index is 770. The second-order valence-corrected chi connectivity index (χ2v) is 7.77. The van der Waals surface area contributed by atoms with Crippen molar-refractivity contribution in [3.8, 4) is 16.9 Å². The monoisotopic (exact) mass is 338 g/mol. The molecule has 136 valence electrons. The van der Waals surface area contributed by atoms with Crippen LogP contribution in [0, 0.1) is 27.7 Å². The summed E-state index contributed by atoms with van der Waals surface area (Å²) in [6.45, 7) is 17.5. The van der Waals surface area contributed by atoms with E-state index in [9.17, 15) is 5.11 Å². The number of hydrogen-bond acceptors (Lipinski definition) is 1. The summed E-state index contributed by atoms with van der Waals surface area (Å²) < 4.78 is 0. The molecule has 2 rings (SSSR count). The van der Waals surface area contributed by atoms with Crippen molar-refractivity contribution in [3.05, 3.63) is 51.6 Å². The molecule has 0 saturated heterocycles. The first-order chi connectivity index (χ1) is 11.7. The van der Waals surface area contributed by atoms with Crippen LogP contribution in [-0.4, -0.2) is 5.11 Å². The SMILES string of the molecule is CCC(C)c1cc(C)c(-c2c(C)cc(C(C)CC)c(C)c2O)cc1C. The van der Waals surface area contributed by atoms with Gasteiger partial charge in [0, 0.05) is 5.56 Å². The lowest BCUT2D eigenvalue weighted by Crippen LogP contribution is -2.01. The molecular weight excluding hydrogens is 304 g/mol. The van der Waals surface area contributed by atoms with Gasteiger partial charge in [0.25, 0.3) is 0 Å². The lowest BCUT2D eigenvalue weighted by atomic mass is 9.84. The Hall–Kier alpha value is -1.76. The van der Waals surface area contributed by atoms with E-state index in [1.165, 1.54) is 27.8 Å². The van der Waals surface area contributed by atoms with Gasteiger partial charge < -0.3 is 5.11 Å². The largest absolute Gasteiger partial charge is 0.507 e. The van der Waals surface area contributed by atoms with Gasteiger partial charge in [-0.05, 0) is 91.3 Å². The van der Waals surface area contributed by atoms with E-state index < -0.39 is 0 Å². The number of hydrogen-bond donors (Lipinski definition) is 1. The van der Waals surface area contributed by atoms with Crippen molar-refractivity contribution in [1.82, 2.24) is 0 Å². The van der Waals surface area contributed by atoms with Crippen LogP contribution in [0.5, 0.6) is 5.75 Å². The molecule has 2 atom stereocenters. The topological polar surface area (TPSA) is 20.2 Å². The molecule has 0 aliphatic heterocycles. The molecule has 1 N–H and O–H groups in total. The zero-order valence-corrected chi connectivity index (χ0v) is 17.2. The molecule has 0 aliphatic carbocycles. The third-order valence-electron chi connectivity index (χ3n) is 5.96. The van der Waals surface area contributed by atoms with E-state index in [-0.39, 0.29) is 0 Å². The van der Waals surface area contributed by atoms with Crippen LogP contribution < -0.4 is 0 Å². The Morgan fingerprint density at radius 1 is 0.760 bits per heavy atom. The van der Waals surface area contributed by atoms with Crippen LogP contribution in [0.2, 0.25) is 0 Å². The molecule has 25 heavy (non-hydrogen) atoms. The van der Waals surface area contributed by atoms with Crippen LogP contribution in [0.15, 0.2) is 18.2 Å². The molecule has 2 aromatic carbocycles. The van der Waals surface area contributed by atoms with E-state index in [0.29, 0.717) is 17.6 Å². The van der Waals surface area contributed by atoms with Crippen molar-refractivity contribution >= 4 is 0 Å². The molecule has 0 aromatic heterocycles. The van der Waals surface area contributed by atoms with Gasteiger partial charge in [-0.15, -0.1) is 0 Å². The van der Waals surface area contributed by atoms with Gasteiger partial charge in [0.1, 0.15) is 5.75 Å². The molecular formula is C24H34O. The Morgan fingerprint density at radius 2 is 1.28 bits per heavy atom. The minimum absolute atomic E-state index is 0.453. The Labute approximate surface area is 154 Å². The predicted octanol–water partition coefficient (Wildman–Crippen LogP) is 7.32.